The van der Waals surface area contributed by atoms with Crippen LogP contribution in [0.4, 0.5) is 4.79 Å². The summed E-state index contributed by atoms with van der Waals surface area (Å²) in [5.74, 6) is -3.46. The molecular weight excluding hydrogens is 666 g/mol. The molecule has 278 valence electrons. The van der Waals surface area contributed by atoms with Gasteiger partial charge in [0.25, 0.3) is 0 Å². The van der Waals surface area contributed by atoms with Crippen LogP contribution in [0.3, 0.4) is 0 Å². The smallest absolute Gasteiger partial charge is 0.407 e. The molecule has 0 spiro atoms. The molecule has 1 saturated heterocycles. The highest BCUT2D eigenvalue weighted by Gasteiger charge is 2.53. The Morgan fingerprint density at radius 2 is 1.31 bits per heavy atom. The molecule has 0 saturated carbocycles. The number of rotatable bonds is 12. The Kier molecular flexibility index (Phi) is 14.1. The summed E-state index contributed by atoms with van der Waals surface area (Å²) in [6.45, 7) is 13.1. The number of aryl methyl sites for hydroxylation is 1. The van der Waals surface area contributed by atoms with Crippen LogP contribution >= 0.6 is 0 Å². The van der Waals surface area contributed by atoms with Crippen LogP contribution in [0.5, 0.6) is 5.75 Å². The summed E-state index contributed by atoms with van der Waals surface area (Å²) in [4.78, 5) is 73.0. The average molecular weight is 714 g/mol. The van der Waals surface area contributed by atoms with Gasteiger partial charge < -0.3 is 38.5 Å². The van der Waals surface area contributed by atoms with Gasteiger partial charge in [-0.3, -0.25) is 24.0 Å². The van der Waals surface area contributed by atoms with Gasteiger partial charge in [-0.25, -0.2) is 4.79 Å². The molecule has 2 aromatic rings. The predicted molar refractivity (Wildman–Crippen MR) is 181 cm³/mol. The van der Waals surface area contributed by atoms with E-state index in [1.54, 1.807) is 32.9 Å². The maximum Gasteiger partial charge on any atom is 0.407 e. The molecule has 2 aromatic carbocycles. The molecule has 0 bridgehead atoms. The summed E-state index contributed by atoms with van der Waals surface area (Å²) in [7, 11) is 0. The number of alkyl carbamates (subject to hydrolysis) is 1. The number of hydrogen-bond acceptors (Lipinski definition) is 13. The van der Waals surface area contributed by atoms with E-state index in [-0.39, 0.29) is 11.3 Å². The fourth-order valence-electron chi connectivity index (χ4n) is 5.55. The average Bonchev–Trinajstić information content (AvgIpc) is 2.98. The normalized spacial score (nSPS) is 20.0. The third kappa shape index (κ3) is 12.7. The first-order valence-corrected chi connectivity index (χ1v) is 16.5. The first-order chi connectivity index (χ1) is 23.8. The predicted octanol–water partition coefficient (Wildman–Crippen LogP) is 4.38. The second-order valence-electron chi connectivity index (χ2n) is 13.2. The molecule has 1 fully saturated rings. The molecule has 1 heterocycles. The van der Waals surface area contributed by atoms with Crippen molar-refractivity contribution in [1.82, 2.24) is 5.32 Å². The SMILES string of the molecule is CC(=O)OC[C@H]1O[C@@H](c2cc(Cc3ccc(CCNC(=O)OC(C)(C)C)cc3)c(C)cc2OC(C)=O)[C@H](OC(C)=O)[C@@H](OC(C)=O)[C@@H]1OC(C)=O. The lowest BCUT2D eigenvalue weighted by Gasteiger charge is -2.44. The molecule has 1 N–H and O–H groups in total. The highest BCUT2D eigenvalue weighted by Crippen LogP contribution is 2.42. The fraction of sp³-hybridized carbons (Fsp3) is 0.514. The van der Waals surface area contributed by atoms with Crippen LogP contribution in [-0.4, -0.2) is 79.1 Å². The van der Waals surface area contributed by atoms with E-state index in [0.717, 1.165) is 43.0 Å². The van der Waals surface area contributed by atoms with Gasteiger partial charge in [-0.1, -0.05) is 24.3 Å². The van der Waals surface area contributed by atoms with E-state index in [4.69, 9.17) is 33.2 Å². The van der Waals surface area contributed by atoms with Crippen molar-refractivity contribution in [2.24, 2.45) is 0 Å². The molecule has 51 heavy (non-hydrogen) atoms. The zero-order valence-electron chi connectivity index (χ0n) is 30.5. The molecule has 0 aromatic heterocycles. The lowest BCUT2D eigenvalue weighted by atomic mass is 9.87. The van der Waals surface area contributed by atoms with Crippen molar-refractivity contribution < 1.29 is 61.9 Å². The van der Waals surface area contributed by atoms with E-state index in [1.807, 2.05) is 31.2 Å². The summed E-state index contributed by atoms with van der Waals surface area (Å²) in [5.41, 5.74) is 3.18. The third-order valence-corrected chi connectivity index (χ3v) is 7.52. The van der Waals surface area contributed by atoms with E-state index in [2.05, 4.69) is 5.32 Å². The molecule has 1 amide bonds. The van der Waals surface area contributed by atoms with Crippen LogP contribution in [0.2, 0.25) is 0 Å². The van der Waals surface area contributed by atoms with Gasteiger partial charge in [-0.2, -0.15) is 0 Å². The van der Waals surface area contributed by atoms with E-state index >= 15 is 0 Å². The standard InChI is InChI=1S/C37H47NO13/c1-20-16-30(46-22(3)40)29(18-28(20)17-27-12-10-26(11-13-27)14-15-38-36(44)51-37(7,8)9)32-34(48-24(5)42)35(49-25(6)43)33(47-23(4)41)31(50-32)19-45-21(2)39/h10-13,16,18,31-35H,14-15,17,19H2,1-9H3,(H,38,44)/t31-,32+,33-,34+,35+/m1/s1. The quantitative estimate of drug-likeness (QED) is 0.186. The van der Waals surface area contributed by atoms with Crippen molar-refractivity contribution in [3.05, 3.63) is 64.2 Å². The van der Waals surface area contributed by atoms with E-state index in [1.165, 1.54) is 13.8 Å². The number of ether oxygens (including phenoxy) is 7. The maximum atomic E-state index is 12.4. The zero-order chi connectivity index (χ0) is 38.0. The summed E-state index contributed by atoms with van der Waals surface area (Å²) in [6.07, 6.45) is -6.04. The molecule has 14 heteroatoms. The number of esters is 5. The minimum absolute atomic E-state index is 0.0949. The summed E-state index contributed by atoms with van der Waals surface area (Å²) < 4.78 is 39.2. The Morgan fingerprint density at radius 1 is 0.745 bits per heavy atom. The van der Waals surface area contributed by atoms with Crippen molar-refractivity contribution in [3.8, 4) is 5.75 Å². The van der Waals surface area contributed by atoms with Crippen molar-refractivity contribution in [1.29, 1.82) is 0 Å². The number of benzene rings is 2. The highest BCUT2D eigenvalue weighted by molar-refractivity contribution is 5.71. The summed E-state index contributed by atoms with van der Waals surface area (Å²) in [6, 6.07) is 11.2. The van der Waals surface area contributed by atoms with Crippen molar-refractivity contribution in [2.45, 2.75) is 111 Å². The van der Waals surface area contributed by atoms with Crippen LogP contribution in [0.25, 0.3) is 0 Å². The fourth-order valence-corrected chi connectivity index (χ4v) is 5.55. The van der Waals surface area contributed by atoms with E-state index < -0.39 is 78.7 Å². The van der Waals surface area contributed by atoms with Crippen LogP contribution in [0.1, 0.15) is 89.3 Å². The largest absolute Gasteiger partial charge is 0.463 e. The lowest BCUT2D eigenvalue weighted by molar-refractivity contribution is -0.254. The minimum Gasteiger partial charge on any atom is -0.463 e. The monoisotopic (exact) mass is 713 g/mol. The first kappa shape index (κ1) is 40.4. The topological polar surface area (TPSA) is 179 Å². The third-order valence-electron chi connectivity index (χ3n) is 7.52. The van der Waals surface area contributed by atoms with Crippen LogP contribution < -0.4 is 10.1 Å². The molecule has 0 aliphatic carbocycles. The van der Waals surface area contributed by atoms with Gasteiger partial charge in [-0.15, -0.1) is 0 Å². The summed E-state index contributed by atoms with van der Waals surface area (Å²) in [5, 5.41) is 2.75. The van der Waals surface area contributed by atoms with E-state index in [9.17, 15) is 28.8 Å². The van der Waals surface area contributed by atoms with Crippen LogP contribution in [-0.2, 0) is 65.2 Å². The lowest BCUT2D eigenvalue weighted by Crippen LogP contribution is -2.59. The molecule has 0 radical (unpaired) electrons. The second-order valence-corrected chi connectivity index (χ2v) is 13.2. The molecule has 0 unspecified atom stereocenters. The molecule has 3 rings (SSSR count). The maximum absolute atomic E-state index is 12.4. The molecular formula is C37H47NO13. The van der Waals surface area contributed by atoms with Gasteiger partial charge in [0.2, 0.25) is 0 Å². The van der Waals surface area contributed by atoms with Gasteiger partial charge in [0.1, 0.15) is 30.2 Å². The Hall–Kier alpha value is -4.98. The van der Waals surface area contributed by atoms with Crippen molar-refractivity contribution >= 4 is 35.9 Å². The zero-order valence-corrected chi connectivity index (χ0v) is 30.5. The Balaban J connectivity index is 2.02. The van der Waals surface area contributed by atoms with Gasteiger partial charge in [0.05, 0.1) is 0 Å². The van der Waals surface area contributed by atoms with Gasteiger partial charge in [0, 0.05) is 46.7 Å². The second kappa shape index (κ2) is 17.8. The van der Waals surface area contributed by atoms with Gasteiger partial charge in [-0.05, 0) is 74.9 Å². The van der Waals surface area contributed by atoms with Crippen LogP contribution in [0, 0.1) is 6.92 Å². The highest BCUT2D eigenvalue weighted by atomic mass is 16.7. The minimum atomic E-state index is -1.40. The van der Waals surface area contributed by atoms with Crippen LogP contribution in [0.15, 0.2) is 36.4 Å². The number of carbonyl (C=O) groups excluding carboxylic acids is 6. The molecule has 5 atom stereocenters. The Morgan fingerprint density at radius 3 is 1.86 bits per heavy atom. The molecule has 14 nitrogen and oxygen atoms in total. The molecule has 1 aliphatic rings. The first-order valence-electron chi connectivity index (χ1n) is 16.5. The number of amides is 1. The van der Waals surface area contributed by atoms with Gasteiger partial charge in [0.15, 0.2) is 18.3 Å². The van der Waals surface area contributed by atoms with Gasteiger partial charge >= 0.3 is 35.9 Å². The molecule has 1 aliphatic heterocycles. The number of carbonyl (C=O) groups is 6. The number of hydrogen-bond donors (Lipinski definition) is 1. The van der Waals surface area contributed by atoms with Crippen molar-refractivity contribution in [2.75, 3.05) is 13.2 Å². The van der Waals surface area contributed by atoms with Crippen molar-refractivity contribution in [3.63, 3.8) is 0 Å². The van der Waals surface area contributed by atoms with E-state index in [0.29, 0.717) is 19.4 Å². The Bertz CT molecular complexity index is 1590. The summed E-state index contributed by atoms with van der Waals surface area (Å²) >= 11 is 0. The number of nitrogens with one attached hydrogen (secondary N) is 1. The Labute approximate surface area is 297 Å².